The van der Waals surface area contributed by atoms with Gasteiger partial charge in [-0.05, 0) is 30.2 Å². The lowest BCUT2D eigenvalue weighted by molar-refractivity contribution is 0.0672. The normalized spacial score (nSPS) is 16.0. The summed E-state index contributed by atoms with van der Waals surface area (Å²) < 4.78 is 37.0. The van der Waals surface area contributed by atoms with Crippen LogP contribution < -0.4 is 0 Å². The molecule has 1 saturated heterocycles. The fourth-order valence-electron chi connectivity index (χ4n) is 2.81. The number of morpholine rings is 1. The molecule has 0 spiro atoms. The molecule has 26 heavy (non-hydrogen) atoms. The Balaban J connectivity index is 2.15. The number of carbonyl (C=O) groups excluding carboxylic acids is 1. The molecule has 0 saturated carbocycles. The Morgan fingerprint density at radius 2 is 1.85 bits per heavy atom. The van der Waals surface area contributed by atoms with Gasteiger partial charge in [0.05, 0.1) is 24.7 Å². The van der Waals surface area contributed by atoms with Crippen molar-refractivity contribution in [1.82, 2.24) is 9.21 Å². The highest BCUT2D eigenvalue weighted by atomic mass is 32.2. The average molecular weight is 384 g/mol. The van der Waals surface area contributed by atoms with Crippen molar-refractivity contribution in [3.63, 3.8) is 0 Å². The standard InChI is InChI=1S/C18H28N2O5S/c1-15(2)14-19(8-11-24-3)18(21)16-4-6-17(7-5-16)26(22,23)20-9-12-25-13-10-20/h4-7,15H,8-14H2,1-3H3. The van der Waals surface area contributed by atoms with Gasteiger partial charge in [0, 0.05) is 38.9 Å². The molecule has 8 heteroatoms. The number of ether oxygens (including phenoxy) is 2. The molecule has 1 fully saturated rings. The third-order valence-corrected chi connectivity index (χ3v) is 6.06. The second-order valence-electron chi connectivity index (χ2n) is 6.68. The van der Waals surface area contributed by atoms with E-state index in [1.807, 2.05) is 13.8 Å². The number of benzene rings is 1. The summed E-state index contributed by atoms with van der Waals surface area (Å²) in [5.74, 6) is 0.211. The topological polar surface area (TPSA) is 76.2 Å². The van der Waals surface area contributed by atoms with Gasteiger partial charge in [-0.1, -0.05) is 13.8 Å². The van der Waals surface area contributed by atoms with Gasteiger partial charge >= 0.3 is 0 Å². The highest BCUT2D eigenvalue weighted by molar-refractivity contribution is 7.89. The minimum atomic E-state index is -3.55. The Hall–Kier alpha value is -1.48. The van der Waals surface area contributed by atoms with E-state index in [0.29, 0.717) is 57.5 Å². The zero-order chi connectivity index (χ0) is 19.2. The van der Waals surface area contributed by atoms with Crippen LogP contribution in [-0.4, -0.2) is 76.6 Å². The Kier molecular flexibility index (Phi) is 7.57. The van der Waals surface area contributed by atoms with Gasteiger partial charge < -0.3 is 14.4 Å². The van der Waals surface area contributed by atoms with Crippen LogP contribution in [0.1, 0.15) is 24.2 Å². The van der Waals surface area contributed by atoms with Crippen LogP contribution in [0.3, 0.4) is 0 Å². The Morgan fingerprint density at radius 1 is 1.23 bits per heavy atom. The number of rotatable bonds is 8. The van der Waals surface area contributed by atoms with Crippen LogP contribution >= 0.6 is 0 Å². The first-order valence-electron chi connectivity index (χ1n) is 8.82. The lowest BCUT2D eigenvalue weighted by atomic mass is 10.1. The quantitative estimate of drug-likeness (QED) is 0.678. The molecule has 1 heterocycles. The van der Waals surface area contributed by atoms with E-state index < -0.39 is 10.0 Å². The zero-order valence-corrected chi connectivity index (χ0v) is 16.5. The Labute approximate surface area is 155 Å². The van der Waals surface area contributed by atoms with Gasteiger partial charge in [-0.3, -0.25) is 4.79 Å². The van der Waals surface area contributed by atoms with Gasteiger partial charge in [-0.2, -0.15) is 4.31 Å². The van der Waals surface area contributed by atoms with Gasteiger partial charge in [-0.15, -0.1) is 0 Å². The summed E-state index contributed by atoms with van der Waals surface area (Å²) in [5, 5.41) is 0. The van der Waals surface area contributed by atoms with E-state index in [1.165, 1.54) is 16.4 Å². The number of hydrogen-bond donors (Lipinski definition) is 0. The molecular formula is C18H28N2O5S. The van der Waals surface area contributed by atoms with Crippen LogP contribution in [0.25, 0.3) is 0 Å². The second-order valence-corrected chi connectivity index (χ2v) is 8.62. The van der Waals surface area contributed by atoms with E-state index in [-0.39, 0.29) is 10.8 Å². The number of methoxy groups -OCH3 is 1. The van der Waals surface area contributed by atoms with E-state index in [0.717, 1.165) is 0 Å². The van der Waals surface area contributed by atoms with E-state index in [9.17, 15) is 13.2 Å². The molecule has 0 bridgehead atoms. The van der Waals surface area contributed by atoms with Crippen molar-refractivity contribution >= 4 is 15.9 Å². The lowest BCUT2D eigenvalue weighted by Crippen LogP contribution is -2.40. The SMILES string of the molecule is COCCN(CC(C)C)C(=O)c1ccc(S(=O)(=O)N2CCOCC2)cc1. The molecule has 1 amide bonds. The molecule has 1 aliphatic heterocycles. The molecule has 0 unspecified atom stereocenters. The predicted octanol–water partition coefficient (Wildman–Crippen LogP) is 1.45. The Bertz CT molecular complexity index is 682. The first kappa shape index (κ1) is 20.8. The summed E-state index contributed by atoms with van der Waals surface area (Å²) in [6.45, 7) is 7.18. The van der Waals surface area contributed by atoms with Gasteiger partial charge in [-0.25, -0.2) is 8.42 Å². The number of carbonyl (C=O) groups is 1. The molecule has 0 N–H and O–H groups in total. The van der Waals surface area contributed by atoms with Crippen LogP contribution in [0.15, 0.2) is 29.2 Å². The summed E-state index contributed by atoms with van der Waals surface area (Å²) in [7, 11) is -1.95. The molecule has 1 aromatic carbocycles. The van der Waals surface area contributed by atoms with E-state index in [1.54, 1.807) is 24.1 Å². The highest BCUT2D eigenvalue weighted by Crippen LogP contribution is 2.18. The van der Waals surface area contributed by atoms with Crippen LogP contribution in [0.2, 0.25) is 0 Å². The second kappa shape index (κ2) is 9.45. The molecule has 146 valence electrons. The fourth-order valence-corrected chi connectivity index (χ4v) is 4.21. The molecule has 0 radical (unpaired) electrons. The largest absolute Gasteiger partial charge is 0.383 e. The highest BCUT2D eigenvalue weighted by Gasteiger charge is 2.26. The van der Waals surface area contributed by atoms with Gasteiger partial charge in [0.1, 0.15) is 0 Å². The maximum atomic E-state index is 12.7. The van der Waals surface area contributed by atoms with Gasteiger partial charge in [0.2, 0.25) is 10.0 Å². The minimum Gasteiger partial charge on any atom is -0.383 e. The van der Waals surface area contributed by atoms with Crippen molar-refractivity contribution < 1.29 is 22.7 Å². The molecule has 0 aromatic heterocycles. The summed E-state index contributed by atoms with van der Waals surface area (Å²) in [6, 6.07) is 6.16. The van der Waals surface area contributed by atoms with Gasteiger partial charge in [0.25, 0.3) is 5.91 Å². The van der Waals surface area contributed by atoms with Crippen molar-refractivity contribution in [1.29, 1.82) is 0 Å². The number of nitrogens with zero attached hydrogens (tertiary/aromatic N) is 2. The van der Waals surface area contributed by atoms with Crippen molar-refractivity contribution in [2.75, 3.05) is 53.1 Å². The molecule has 2 rings (SSSR count). The average Bonchev–Trinajstić information content (AvgIpc) is 2.65. The summed E-state index contributed by atoms with van der Waals surface area (Å²) in [5.41, 5.74) is 0.475. The zero-order valence-electron chi connectivity index (χ0n) is 15.7. The molecule has 1 aliphatic rings. The van der Waals surface area contributed by atoms with Crippen LogP contribution in [0.5, 0.6) is 0 Å². The molecular weight excluding hydrogens is 356 g/mol. The maximum Gasteiger partial charge on any atom is 0.253 e. The molecule has 7 nitrogen and oxygen atoms in total. The molecule has 0 atom stereocenters. The predicted molar refractivity (Wildman–Crippen MR) is 98.6 cm³/mol. The van der Waals surface area contributed by atoms with Crippen LogP contribution in [0, 0.1) is 5.92 Å². The minimum absolute atomic E-state index is 0.119. The Morgan fingerprint density at radius 3 is 2.38 bits per heavy atom. The van der Waals surface area contributed by atoms with Gasteiger partial charge in [0.15, 0.2) is 0 Å². The van der Waals surface area contributed by atoms with Crippen LogP contribution in [0.4, 0.5) is 0 Å². The smallest absolute Gasteiger partial charge is 0.253 e. The van der Waals surface area contributed by atoms with Crippen molar-refractivity contribution in [3.05, 3.63) is 29.8 Å². The number of hydrogen-bond acceptors (Lipinski definition) is 5. The number of sulfonamides is 1. The first-order chi connectivity index (χ1) is 12.4. The number of amides is 1. The lowest BCUT2D eigenvalue weighted by Gasteiger charge is -2.26. The van der Waals surface area contributed by atoms with Crippen molar-refractivity contribution in [2.45, 2.75) is 18.7 Å². The van der Waals surface area contributed by atoms with E-state index >= 15 is 0 Å². The summed E-state index contributed by atoms with van der Waals surface area (Å²) in [6.07, 6.45) is 0. The third kappa shape index (κ3) is 5.26. The summed E-state index contributed by atoms with van der Waals surface area (Å²) >= 11 is 0. The first-order valence-corrected chi connectivity index (χ1v) is 10.3. The maximum absolute atomic E-state index is 12.7. The summed E-state index contributed by atoms with van der Waals surface area (Å²) in [4.78, 5) is 14.7. The molecule has 1 aromatic rings. The van der Waals surface area contributed by atoms with E-state index in [4.69, 9.17) is 9.47 Å². The van der Waals surface area contributed by atoms with Crippen LogP contribution in [-0.2, 0) is 19.5 Å². The van der Waals surface area contributed by atoms with Crippen molar-refractivity contribution in [3.8, 4) is 0 Å². The van der Waals surface area contributed by atoms with E-state index in [2.05, 4.69) is 0 Å². The molecule has 0 aliphatic carbocycles. The third-order valence-electron chi connectivity index (χ3n) is 4.15. The van der Waals surface area contributed by atoms with Crippen molar-refractivity contribution in [2.24, 2.45) is 5.92 Å². The fraction of sp³-hybridized carbons (Fsp3) is 0.611. The monoisotopic (exact) mass is 384 g/mol.